The van der Waals surface area contributed by atoms with Crippen molar-refractivity contribution in [1.82, 2.24) is 0 Å². The fraction of sp³-hybridized carbons (Fsp3) is 0.387. The molecule has 2 aliphatic rings. The number of ether oxygens (including phenoxy) is 4. The first-order valence-electron chi connectivity index (χ1n) is 14.3. The molecule has 0 bridgehead atoms. The topological polar surface area (TPSA) is 290 Å². The van der Waals surface area contributed by atoms with E-state index >= 15 is 0 Å². The summed E-state index contributed by atoms with van der Waals surface area (Å²) in [6, 6.07) is 7.39. The van der Waals surface area contributed by atoms with E-state index in [2.05, 4.69) is 0 Å². The summed E-state index contributed by atoms with van der Waals surface area (Å²) in [6.45, 7) is -0.692. The van der Waals surface area contributed by atoms with Gasteiger partial charge in [-0.15, -0.1) is 0 Å². The minimum atomic E-state index is -2.55. The van der Waals surface area contributed by atoms with Gasteiger partial charge in [-0.1, -0.05) is 12.1 Å². The van der Waals surface area contributed by atoms with Crippen molar-refractivity contribution < 1.29 is 84.4 Å². The molecule has 17 heteroatoms. The smallest absolute Gasteiger partial charge is 0.335 e. The molecule has 0 unspecified atom stereocenters. The van der Waals surface area contributed by atoms with Gasteiger partial charge in [0.15, 0.2) is 28.6 Å². The molecule has 48 heavy (non-hydrogen) atoms. The standard InChI is InChI=1S/C31H34O17/c32-13-22-26(39)27(40)28(41)29(48-22)47-19-6-2-15(10-18(19)35)4-8-24(37)46-21-12-31(44,30(42)43)11-20(25(21)38)45-23(36)7-3-14-1-5-16(33)17(34)9-14/h1-10,20-22,25-29,32-35,38-41,44H,11-13H2,(H,42,43)/b7-3+,8-4+/t20-,21-,22-,25-,26-,27+,28-,29-,31+/m1/s1. The number of aromatic hydroxyl groups is 3. The summed E-state index contributed by atoms with van der Waals surface area (Å²) in [5, 5.41) is 99.6. The highest BCUT2D eigenvalue weighted by atomic mass is 16.7. The van der Waals surface area contributed by atoms with Crippen molar-refractivity contribution in [2.45, 2.75) is 67.5 Å². The fourth-order valence-corrected chi connectivity index (χ4v) is 5.00. The van der Waals surface area contributed by atoms with E-state index < -0.39 is 103 Å². The number of rotatable bonds is 10. The van der Waals surface area contributed by atoms with E-state index in [1.807, 2.05) is 0 Å². The molecule has 1 aliphatic heterocycles. The molecule has 2 aromatic carbocycles. The lowest BCUT2D eigenvalue weighted by Gasteiger charge is -2.40. The Morgan fingerprint density at radius 1 is 0.771 bits per heavy atom. The van der Waals surface area contributed by atoms with Crippen LogP contribution in [-0.2, 0) is 28.6 Å². The van der Waals surface area contributed by atoms with Gasteiger partial charge < -0.3 is 70.0 Å². The van der Waals surface area contributed by atoms with Crippen LogP contribution >= 0.6 is 0 Å². The molecule has 1 aliphatic carbocycles. The lowest BCUT2D eigenvalue weighted by Crippen LogP contribution is -2.60. The highest BCUT2D eigenvalue weighted by Gasteiger charge is 2.52. The Labute approximate surface area is 271 Å². The van der Waals surface area contributed by atoms with Crippen LogP contribution in [0.25, 0.3) is 12.2 Å². The van der Waals surface area contributed by atoms with Crippen LogP contribution in [0.15, 0.2) is 48.6 Å². The lowest BCUT2D eigenvalue weighted by molar-refractivity contribution is -0.277. The Bertz CT molecular complexity index is 1550. The second-order valence-corrected chi connectivity index (χ2v) is 11.1. The molecule has 260 valence electrons. The number of carbonyl (C=O) groups is 3. The van der Waals surface area contributed by atoms with Crippen molar-refractivity contribution in [1.29, 1.82) is 0 Å². The van der Waals surface area contributed by atoms with Gasteiger partial charge in [0.2, 0.25) is 6.29 Å². The Hall–Kier alpha value is -4.75. The number of hydrogen-bond donors (Lipinski definition) is 10. The minimum absolute atomic E-state index is 0.206. The normalized spacial score (nSPS) is 30.6. The van der Waals surface area contributed by atoms with Crippen molar-refractivity contribution in [3.05, 3.63) is 59.7 Å². The molecule has 2 fully saturated rings. The van der Waals surface area contributed by atoms with Crippen molar-refractivity contribution in [3.8, 4) is 23.0 Å². The molecule has 0 spiro atoms. The maximum Gasteiger partial charge on any atom is 0.335 e. The third-order valence-corrected chi connectivity index (χ3v) is 7.67. The van der Waals surface area contributed by atoms with Gasteiger partial charge in [0.25, 0.3) is 0 Å². The van der Waals surface area contributed by atoms with Gasteiger partial charge in [0.1, 0.15) is 42.7 Å². The number of benzene rings is 2. The number of hydrogen-bond acceptors (Lipinski definition) is 16. The van der Waals surface area contributed by atoms with E-state index in [-0.39, 0.29) is 22.6 Å². The molecule has 1 heterocycles. The van der Waals surface area contributed by atoms with Crippen LogP contribution in [0.1, 0.15) is 24.0 Å². The fourth-order valence-electron chi connectivity index (χ4n) is 5.00. The summed E-state index contributed by atoms with van der Waals surface area (Å²) in [5.74, 6) is -5.46. The number of aliphatic hydroxyl groups excluding tert-OH is 5. The summed E-state index contributed by atoms with van der Waals surface area (Å²) in [7, 11) is 0. The summed E-state index contributed by atoms with van der Waals surface area (Å²) >= 11 is 0. The van der Waals surface area contributed by atoms with E-state index in [0.717, 1.165) is 24.3 Å². The number of carboxylic acids is 1. The van der Waals surface area contributed by atoms with E-state index in [4.69, 9.17) is 18.9 Å². The van der Waals surface area contributed by atoms with Crippen molar-refractivity contribution in [3.63, 3.8) is 0 Å². The lowest BCUT2D eigenvalue weighted by atomic mass is 9.79. The zero-order valence-electron chi connectivity index (χ0n) is 24.8. The van der Waals surface area contributed by atoms with E-state index in [1.165, 1.54) is 36.4 Å². The van der Waals surface area contributed by atoms with Gasteiger partial charge in [-0.2, -0.15) is 0 Å². The number of carboxylic acid groups (broad SMARTS) is 1. The average Bonchev–Trinajstić information content (AvgIpc) is 3.04. The second-order valence-electron chi connectivity index (χ2n) is 11.1. The Morgan fingerprint density at radius 2 is 1.31 bits per heavy atom. The molecule has 4 rings (SSSR count). The zero-order chi connectivity index (χ0) is 35.3. The molecule has 10 N–H and O–H groups in total. The maximum atomic E-state index is 12.6. The molecule has 2 aromatic rings. The summed E-state index contributed by atoms with van der Waals surface area (Å²) in [4.78, 5) is 36.9. The van der Waals surface area contributed by atoms with Gasteiger partial charge in [0, 0.05) is 25.0 Å². The summed E-state index contributed by atoms with van der Waals surface area (Å²) in [5.41, 5.74) is -2.05. The summed E-state index contributed by atoms with van der Waals surface area (Å²) in [6.07, 6.45) is -10.2. The van der Waals surface area contributed by atoms with Gasteiger partial charge in [-0.05, 0) is 47.5 Å². The van der Waals surface area contributed by atoms with Gasteiger partial charge in [-0.3, -0.25) is 0 Å². The number of esters is 2. The quantitative estimate of drug-likeness (QED) is 0.0777. The highest BCUT2D eigenvalue weighted by molar-refractivity contribution is 5.88. The molecule has 0 radical (unpaired) electrons. The Morgan fingerprint density at radius 3 is 1.81 bits per heavy atom. The SMILES string of the molecule is O=C(/C=C/c1ccc(O)c(O)c1)O[C@@H]1C[C@@](O)(C(=O)O)C[C@@H](OC(=O)/C=C/c2ccc(O[C@@H]3O[C@H](CO)[C@@H](O)[C@H](O)[C@H]3O)c(O)c2)[C@@H]1O. The Kier molecular flexibility index (Phi) is 11.3. The predicted octanol–water partition coefficient (Wildman–Crippen LogP) is -1.50. The van der Waals surface area contributed by atoms with Crippen LogP contribution in [0.2, 0.25) is 0 Å². The third kappa shape index (κ3) is 8.39. The van der Waals surface area contributed by atoms with E-state index in [9.17, 15) is 65.4 Å². The average molecular weight is 679 g/mol. The number of carbonyl (C=O) groups excluding carboxylic acids is 2. The summed E-state index contributed by atoms with van der Waals surface area (Å²) < 4.78 is 21.0. The number of phenols is 3. The Balaban J connectivity index is 1.40. The first-order valence-corrected chi connectivity index (χ1v) is 14.3. The predicted molar refractivity (Wildman–Crippen MR) is 158 cm³/mol. The highest BCUT2D eigenvalue weighted by Crippen LogP contribution is 2.34. The first-order chi connectivity index (χ1) is 22.6. The molecule has 0 amide bonds. The third-order valence-electron chi connectivity index (χ3n) is 7.67. The molecule has 1 saturated carbocycles. The van der Waals surface area contributed by atoms with Crippen LogP contribution in [0.5, 0.6) is 23.0 Å². The number of phenolic OH excluding ortho intramolecular Hbond substituents is 3. The number of aliphatic hydroxyl groups is 6. The monoisotopic (exact) mass is 678 g/mol. The van der Waals surface area contributed by atoms with Crippen LogP contribution in [0.3, 0.4) is 0 Å². The van der Waals surface area contributed by atoms with Crippen LogP contribution < -0.4 is 4.74 Å². The van der Waals surface area contributed by atoms with Crippen LogP contribution in [0, 0.1) is 0 Å². The van der Waals surface area contributed by atoms with Crippen molar-refractivity contribution in [2.24, 2.45) is 0 Å². The molecular formula is C31H34O17. The molecule has 17 nitrogen and oxygen atoms in total. The molecule has 9 atom stereocenters. The van der Waals surface area contributed by atoms with Crippen molar-refractivity contribution >= 4 is 30.1 Å². The molecular weight excluding hydrogens is 644 g/mol. The largest absolute Gasteiger partial charge is 0.504 e. The van der Waals surface area contributed by atoms with Crippen molar-refractivity contribution in [2.75, 3.05) is 6.61 Å². The molecule has 1 saturated heterocycles. The van der Waals surface area contributed by atoms with E-state index in [0.29, 0.717) is 0 Å². The van der Waals surface area contributed by atoms with Gasteiger partial charge in [-0.25, -0.2) is 14.4 Å². The van der Waals surface area contributed by atoms with Gasteiger partial charge in [0.05, 0.1) is 6.61 Å². The zero-order valence-corrected chi connectivity index (χ0v) is 24.8. The number of aliphatic carboxylic acids is 1. The van der Waals surface area contributed by atoms with Crippen LogP contribution in [-0.4, -0.2) is 130 Å². The first kappa shape index (κ1) is 36.1. The second kappa shape index (κ2) is 15.0. The minimum Gasteiger partial charge on any atom is -0.504 e. The molecule has 0 aromatic heterocycles. The van der Waals surface area contributed by atoms with E-state index in [1.54, 1.807) is 0 Å². The van der Waals surface area contributed by atoms with Gasteiger partial charge >= 0.3 is 17.9 Å². The van der Waals surface area contributed by atoms with Crippen LogP contribution in [0.4, 0.5) is 0 Å². The maximum absolute atomic E-state index is 12.6.